The third-order valence-electron chi connectivity index (χ3n) is 3.14. The fraction of sp³-hybridized carbons (Fsp3) is 0.529. The van der Waals surface area contributed by atoms with Crippen LogP contribution >= 0.6 is 0 Å². The van der Waals surface area contributed by atoms with Crippen LogP contribution in [0, 0.1) is 0 Å². The van der Waals surface area contributed by atoms with Crippen molar-refractivity contribution in [3.63, 3.8) is 0 Å². The fourth-order valence-electron chi connectivity index (χ4n) is 1.93. The molecule has 4 N–H and O–H groups in total. The van der Waals surface area contributed by atoms with E-state index < -0.39 is 0 Å². The molecule has 23 heavy (non-hydrogen) atoms. The minimum absolute atomic E-state index is 0.116. The summed E-state index contributed by atoms with van der Waals surface area (Å²) in [6.07, 6.45) is 2.28. The Morgan fingerprint density at radius 3 is 2.43 bits per heavy atom. The lowest BCUT2D eigenvalue weighted by atomic mass is 10.2. The van der Waals surface area contributed by atoms with Crippen LogP contribution in [0.3, 0.4) is 0 Å². The van der Waals surface area contributed by atoms with Gasteiger partial charge in [-0.25, -0.2) is 4.79 Å². The van der Waals surface area contributed by atoms with Gasteiger partial charge in [0, 0.05) is 31.9 Å². The highest BCUT2D eigenvalue weighted by Crippen LogP contribution is 2.09. The zero-order valence-corrected chi connectivity index (χ0v) is 14.6. The van der Waals surface area contributed by atoms with E-state index in [1.54, 1.807) is 7.05 Å². The van der Waals surface area contributed by atoms with Crippen molar-refractivity contribution in [2.45, 2.75) is 46.2 Å². The van der Waals surface area contributed by atoms with E-state index in [-0.39, 0.29) is 12.1 Å². The summed E-state index contributed by atoms with van der Waals surface area (Å²) in [5.41, 5.74) is 1.90. The molecule has 0 spiro atoms. The summed E-state index contributed by atoms with van der Waals surface area (Å²) in [7, 11) is 1.77. The molecule has 2 amide bonds. The highest BCUT2D eigenvalue weighted by Gasteiger charge is 2.03. The molecule has 6 nitrogen and oxygen atoms in total. The number of nitrogens with one attached hydrogen (secondary N) is 4. The summed E-state index contributed by atoms with van der Waals surface area (Å²) < 4.78 is 0. The number of nitrogens with zero attached hydrogens (tertiary/aromatic N) is 1. The van der Waals surface area contributed by atoms with Gasteiger partial charge in [-0.15, -0.1) is 0 Å². The Morgan fingerprint density at radius 2 is 1.87 bits per heavy atom. The van der Waals surface area contributed by atoms with Gasteiger partial charge < -0.3 is 21.3 Å². The van der Waals surface area contributed by atoms with Crippen molar-refractivity contribution >= 4 is 17.7 Å². The van der Waals surface area contributed by atoms with Crippen molar-refractivity contribution in [1.29, 1.82) is 0 Å². The van der Waals surface area contributed by atoms with Crippen molar-refractivity contribution in [3.8, 4) is 0 Å². The molecule has 0 aliphatic rings. The second kappa shape index (κ2) is 10.5. The molecule has 0 atom stereocenters. The van der Waals surface area contributed by atoms with Gasteiger partial charge in [0.15, 0.2) is 5.96 Å². The SMILES string of the molecule is CCCCNC(=NC)NCc1ccc(NC(=O)NC(C)C)cc1. The average molecular weight is 319 g/mol. The van der Waals surface area contributed by atoms with Gasteiger partial charge in [0.2, 0.25) is 0 Å². The number of aliphatic imine (C=N–C) groups is 1. The maximum Gasteiger partial charge on any atom is 0.319 e. The second-order valence-corrected chi connectivity index (χ2v) is 5.66. The third kappa shape index (κ3) is 8.09. The number of urea groups is 1. The third-order valence-corrected chi connectivity index (χ3v) is 3.14. The van der Waals surface area contributed by atoms with Gasteiger partial charge in [0.25, 0.3) is 0 Å². The summed E-state index contributed by atoms with van der Waals surface area (Å²) in [6, 6.07) is 7.68. The summed E-state index contributed by atoms with van der Waals surface area (Å²) in [6.45, 7) is 7.62. The lowest BCUT2D eigenvalue weighted by molar-refractivity contribution is 0.250. The first-order valence-electron chi connectivity index (χ1n) is 8.16. The maximum atomic E-state index is 11.6. The van der Waals surface area contributed by atoms with E-state index in [1.165, 1.54) is 0 Å². The standard InChI is InChI=1S/C17H29N5O/c1-5-6-11-19-16(18-4)20-12-14-7-9-15(10-8-14)22-17(23)21-13(2)3/h7-10,13H,5-6,11-12H2,1-4H3,(H2,18,19,20)(H2,21,22,23). The van der Waals surface area contributed by atoms with Crippen LogP contribution in [0.5, 0.6) is 0 Å². The molecule has 0 heterocycles. The Hall–Kier alpha value is -2.24. The van der Waals surface area contributed by atoms with Crippen LogP contribution in [0.2, 0.25) is 0 Å². The van der Waals surface area contributed by atoms with E-state index in [4.69, 9.17) is 0 Å². The Bertz CT molecular complexity index is 496. The van der Waals surface area contributed by atoms with Crippen molar-refractivity contribution < 1.29 is 4.79 Å². The predicted molar refractivity (Wildman–Crippen MR) is 96.8 cm³/mol. The predicted octanol–water partition coefficient (Wildman–Crippen LogP) is 2.68. The zero-order chi connectivity index (χ0) is 17.1. The van der Waals surface area contributed by atoms with Crippen molar-refractivity contribution in [3.05, 3.63) is 29.8 Å². The first-order valence-corrected chi connectivity index (χ1v) is 8.16. The molecule has 1 rings (SSSR count). The Balaban J connectivity index is 2.43. The fourth-order valence-corrected chi connectivity index (χ4v) is 1.93. The molecule has 0 radical (unpaired) electrons. The second-order valence-electron chi connectivity index (χ2n) is 5.66. The van der Waals surface area contributed by atoms with Gasteiger partial charge in [0.05, 0.1) is 0 Å². The molecule has 6 heteroatoms. The molecule has 0 aliphatic heterocycles. The first-order chi connectivity index (χ1) is 11.0. The topological polar surface area (TPSA) is 77.6 Å². The van der Waals surface area contributed by atoms with Gasteiger partial charge in [-0.1, -0.05) is 25.5 Å². The summed E-state index contributed by atoms with van der Waals surface area (Å²) in [5.74, 6) is 0.803. The molecule has 1 aromatic carbocycles. The van der Waals surface area contributed by atoms with E-state index in [9.17, 15) is 4.79 Å². The Labute approximate surface area is 139 Å². The highest BCUT2D eigenvalue weighted by atomic mass is 16.2. The monoisotopic (exact) mass is 319 g/mol. The number of carbonyl (C=O) groups is 1. The van der Waals surface area contributed by atoms with E-state index in [2.05, 4.69) is 33.2 Å². The minimum atomic E-state index is -0.189. The molecule has 128 valence electrons. The van der Waals surface area contributed by atoms with Gasteiger partial charge in [-0.3, -0.25) is 4.99 Å². The molecule has 0 unspecified atom stereocenters. The summed E-state index contributed by atoms with van der Waals surface area (Å²) >= 11 is 0. The smallest absolute Gasteiger partial charge is 0.319 e. The molecule has 0 aromatic heterocycles. The first kappa shape index (κ1) is 18.8. The number of amides is 2. The molecule has 0 saturated carbocycles. The molecule has 1 aromatic rings. The maximum absolute atomic E-state index is 11.6. The molecular weight excluding hydrogens is 290 g/mol. The number of hydrogen-bond donors (Lipinski definition) is 4. The number of anilines is 1. The summed E-state index contributed by atoms with van der Waals surface area (Å²) in [5, 5.41) is 12.1. The van der Waals surface area contributed by atoms with E-state index >= 15 is 0 Å². The Morgan fingerprint density at radius 1 is 1.17 bits per heavy atom. The van der Waals surface area contributed by atoms with Crippen molar-refractivity contribution in [2.75, 3.05) is 18.9 Å². The number of unbranched alkanes of at least 4 members (excludes halogenated alkanes) is 1. The largest absolute Gasteiger partial charge is 0.356 e. The molecule has 0 aliphatic carbocycles. The minimum Gasteiger partial charge on any atom is -0.356 e. The van der Waals surface area contributed by atoms with Gasteiger partial charge in [-0.2, -0.15) is 0 Å². The van der Waals surface area contributed by atoms with Crippen LogP contribution in [0.15, 0.2) is 29.3 Å². The van der Waals surface area contributed by atoms with E-state index in [0.717, 1.165) is 36.6 Å². The highest BCUT2D eigenvalue weighted by molar-refractivity contribution is 5.89. The number of benzene rings is 1. The average Bonchev–Trinajstić information content (AvgIpc) is 2.51. The van der Waals surface area contributed by atoms with Crippen LogP contribution in [0.1, 0.15) is 39.2 Å². The number of carbonyl (C=O) groups excluding carboxylic acids is 1. The Kier molecular flexibility index (Phi) is 8.57. The quantitative estimate of drug-likeness (QED) is 0.354. The number of rotatable bonds is 7. The number of hydrogen-bond acceptors (Lipinski definition) is 2. The lowest BCUT2D eigenvalue weighted by Crippen LogP contribution is -2.37. The normalized spacial score (nSPS) is 11.3. The van der Waals surface area contributed by atoms with E-state index in [1.807, 2.05) is 38.1 Å². The van der Waals surface area contributed by atoms with Crippen LogP contribution in [0.25, 0.3) is 0 Å². The van der Waals surface area contributed by atoms with Crippen LogP contribution in [-0.2, 0) is 6.54 Å². The molecule has 0 fully saturated rings. The lowest BCUT2D eigenvalue weighted by Gasteiger charge is -2.12. The summed E-state index contributed by atoms with van der Waals surface area (Å²) in [4.78, 5) is 15.8. The van der Waals surface area contributed by atoms with Gasteiger partial charge >= 0.3 is 6.03 Å². The molecule has 0 bridgehead atoms. The zero-order valence-electron chi connectivity index (χ0n) is 14.6. The molecular formula is C17H29N5O. The van der Waals surface area contributed by atoms with Crippen LogP contribution in [0.4, 0.5) is 10.5 Å². The van der Waals surface area contributed by atoms with Gasteiger partial charge in [0.1, 0.15) is 0 Å². The van der Waals surface area contributed by atoms with Gasteiger partial charge in [-0.05, 0) is 38.0 Å². The van der Waals surface area contributed by atoms with Crippen LogP contribution < -0.4 is 21.3 Å². The van der Waals surface area contributed by atoms with E-state index in [0.29, 0.717) is 6.54 Å². The van der Waals surface area contributed by atoms with Crippen LogP contribution in [-0.4, -0.2) is 31.6 Å². The molecule has 0 saturated heterocycles. The van der Waals surface area contributed by atoms with Crippen molar-refractivity contribution in [1.82, 2.24) is 16.0 Å². The number of guanidine groups is 1. The van der Waals surface area contributed by atoms with Crippen molar-refractivity contribution in [2.24, 2.45) is 4.99 Å².